The molecule has 2 rings (SSSR count). The van der Waals surface area contributed by atoms with Crippen LogP contribution in [-0.2, 0) is 4.74 Å². The summed E-state index contributed by atoms with van der Waals surface area (Å²) in [5, 5.41) is 13.4. The molecule has 0 aromatic heterocycles. The molecule has 4 nitrogen and oxygen atoms in total. The highest BCUT2D eigenvalue weighted by Crippen LogP contribution is 2.17. The van der Waals surface area contributed by atoms with Crippen molar-refractivity contribution < 1.29 is 9.94 Å². The molecule has 2 unspecified atom stereocenters. The largest absolute Gasteiger partial charge is 0.369 e. The number of nitrogens with zero attached hydrogens (tertiary/aromatic N) is 1. The van der Waals surface area contributed by atoms with Crippen molar-refractivity contribution in [2.45, 2.75) is 12.3 Å². The second kappa shape index (κ2) is 2.23. The van der Waals surface area contributed by atoms with Gasteiger partial charge in [0, 0.05) is 12.7 Å². The third-order valence-electron chi connectivity index (χ3n) is 1.70. The average Bonchev–Trinajstić information content (AvgIpc) is 2.71. The lowest BCUT2D eigenvalue weighted by Crippen LogP contribution is -2.47. The van der Waals surface area contributed by atoms with Crippen molar-refractivity contribution in [3.63, 3.8) is 0 Å². The van der Waals surface area contributed by atoms with Crippen molar-refractivity contribution >= 4 is 0 Å². The lowest BCUT2D eigenvalue weighted by molar-refractivity contribution is -0.100. The van der Waals surface area contributed by atoms with Gasteiger partial charge in [0.1, 0.15) is 12.3 Å². The fraction of sp³-hybridized carbons (Fsp3) is 0.667. The van der Waals surface area contributed by atoms with Crippen LogP contribution in [0, 0.1) is 0 Å². The molecule has 0 saturated carbocycles. The Morgan fingerprint density at radius 2 is 2.50 bits per heavy atom. The molecule has 4 heteroatoms. The Kier molecular flexibility index (Phi) is 1.37. The van der Waals surface area contributed by atoms with Gasteiger partial charge in [0.15, 0.2) is 0 Å². The first-order valence-electron chi connectivity index (χ1n) is 3.37. The van der Waals surface area contributed by atoms with Crippen LogP contribution in [0.1, 0.15) is 0 Å². The van der Waals surface area contributed by atoms with Crippen LogP contribution in [0.2, 0.25) is 0 Å². The van der Waals surface area contributed by atoms with Crippen LogP contribution < -0.4 is 5.32 Å². The van der Waals surface area contributed by atoms with Gasteiger partial charge in [0.25, 0.3) is 0 Å². The maximum Gasteiger partial charge on any atom is 0.134 e. The van der Waals surface area contributed by atoms with Gasteiger partial charge in [0.2, 0.25) is 0 Å². The summed E-state index contributed by atoms with van der Waals surface area (Å²) in [6.07, 6.45) is 3.65. The number of hydrogen-bond acceptors (Lipinski definition) is 4. The van der Waals surface area contributed by atoms with E-state index in [1.807, 2.05) is 6.08 Å². The van der Waals surface area contributed by atoms with Crippen LogP contribution in [0.25, 0.3) is 0 Å². The molecule has 2 atom stereocenters. The van der Waals surface area contributed by atoms with Crippen LogP contribution in [0.5, 0.6) is 0 Å². The normalized spacial score (nSPS) is 38.3. The minimum atomic E-state index is -0.0370. The molecule has 0 amide bonds. The van der Waals surface area contributed by atoms with Gasteiger partial charge < -0.3 is 4.74 Å². The minimum Gasteiger partial charge on any atom is -0.369 e. The molecule has 56 valence electrons. The minimum absolute atomic E-state index is 0.0370. The Bertz CT molecular complexity index is 156. The standard InChI is InChI=1S/C6H10N2O2/c9-8-3-1-2-7-6(8)5-4-10-5/h1,3,5-7,9H,2,4H2. The van der Waals surface area contributed by atoms with Gasteiger partial charge in [-0.15, -0.1) is 0 Å². The second-order valence-corrected chi connectivity index (χ2v) is 2.49. The van der Waals surface area contributed by atoms with E-state index in [9.17, 15) is 5.21 Å². The predicted octanol–water partition coefficient (Wildman–Crippen LogP) is -0.481. The Labute approximate surface area is 59.0 Å². The molecule has 0 aromatic rings. The summed E-state index contributed by atoms with van der Waals surface area (Å²) in [4.78, 5) is 0. The molecule has 2 aliphatic rings. The van der Waals surface area contributed by atoms with E-state index in [0.717, 1.165) is 18.2 Å². The molecule has 0 spiro atoms. The summed E-state index contributed by atoms with van der Waals surface area (Å²) in [5.41, 5.74) is 0. The Hall–Kier alpha value is -0.580. The molecule has 0 aromatic carbocycles. The van der Waals surface area contributed by atoms with Crippen LogP contribution in [-0.4, -0.2) is 35.7 Å². The smallest absolute Gasteiger partial charge is 0.134 e. The molecule has 1 saturated heterocycles. The maximum atomic E-state index is 9.18. The zero-order chi connectivity index (χ0) is 6.97. The molecule has 0 aliphatic carbocycles. The first-order valence-corrected chi connectivity index (χ1v) is 3.37. The Morgan fingerprint density at radius 3 is 3.10 bits per heavy atom. The van der Waals surface area contributed by atoms with Crippen LogP contribution in [0.15, 0.2) is 12.3 Å². The zero-order valence-electron chi connectivity index (χ0n) is 5.53. The lowest BCUT2D eigenvalue weighted by Gasteiger charge is -2.26. The number of hydrogen-bond donors (Lipinski definition) is 2. The summed E-state index contributed by atoms with van der Waals surface area (Å²) in [7, 11) is 0. The molecule has 0 bridgehead atoms. The molecule has 2 N–H and O–H groups in total. The lowest BCUT2D eigenvalue weighted by atomic mass is 10.3. The zero-order valence-corrected chi connectivity index (χ0v) is 5.53. The van der Waals surface area contributed by atoms with Gasteiger partial charge in [-0.25, -0.2) is 5.06 Å². The van der Waals surface area contributed by atoms with E-state index < -0.39 is 0 Å². The SMILES string of the molecule is ON1C=CCNC1C1CO1. The average molecular weight is 142 g/mol. The van der Waals surface area contributed by atoms with Gasteiger partial charge in [-0.05, 0) is 0 Å². The van der Waals surface area contributed by atoms with Gasteiger partial charge in [0.05, 0.1) is 6.61 Å². The van der Waals surface area contributed by atoms with Gasteiger partial charge >= 0.3 is 0 Å². The molecule has 10 heavy (non-hydrogen) atoms. The highest BCUT2D eigenvalue weighted by molar-refractivity contribution is 4.95. The highest BCUT2D eigenvalue weighted by atomic mass is 16.6. The second-order valence-electron chi connectivity index (χ2n) is 2.49. The molecule has 1 fully saturated rings. The number of rotatable bonds is 1. The first kappa shape index (κ1) is 6.15. The predicted molar refractivity (Wildman–Crippen MR) is 34.3 cm³/mol. The van der Waals surface area contributed by atoms with Crippen molar-refractivity contribution in [3.05, 3.63) is 12.3 Å². The number of hydroxylamine groups is 2. The first-order chi connectivity index (χ1) is 4.88. The summed E-state index contributed by atoms with van der Waals surface area (Å²) >= 11 is 0. The van der Waals surface area contributed by atoms with E-state index in [4.69, 9.17) is 4.74 Å². The van der Waals surface area contributed by atoms with Crippen molar-refractivity contribution in [2.75, 3.05) is 13.2 Å². The van der Waals surface area contributed by atoms with Crippen molar-refractivity contribution in [1.29, 1.82) is 0 Å². The van der Waals surface area contributed by atoms with E-state index >= 15 is 0 Å². The highest BCUT2D eigenvalue weighted by Gasteiger charge is 2.36. The van der Waals surface area contributed by atoms with Crippen LogP contribution in [0.4, 0.5) is 0 Å². The quantitative estimate of drug-likeness (QED) is 0.485. The Morgan fingerprint density at radius 1 is 1.70 bits per heavy atom. The third kappa shape index (κ3) is 1.01. The summed E-state index contributed by atoms with van der Waals surface area (Å²) in [6, 6.07) is 0. The molecule has 2 heterocycles. The monoisotopic (exact) mass is 142 g/mol. The van der Waals surface area contributed by atoms with E-state index in [0.29, 0.717) is 0 Å². The topological polar surface area (TPSA) is 48.0 Å². The van der Waals surface area contributed by atoms with Gasteiger partial charge in [-0.1, -0.05) is 6.08 Å². The molecular formula is C6H10N2O2. The van der Waals surface area contributed by atoms with E-state index in [1.54, 1.807) is 6.20 Å². The fourth-order valence-corrected chi connectivity index (χ4v) is 1.08. The molecular weight excluding hydrogens is 132 g/mol. The van der Waals surface area contributed by atoms with Crippen molar-refractivity contribution in [1.82, 2.24) is 10.4 Å². The third-order valence-corrected chi connectivity index (χ3v) is 1.70. The summed E-state index contributed by atoms with van der Waals surface area (Å²) in [6.45, 7) is 1.56. The summed E-state index contributed by atoms with van der Waals surface area (Å²) < 4.78 is 5.02. The fourth-order valence-electron chi connectivity index (χ4n) is 1.08. The maximum absolute atomic E-state index is 9.18. The number of nitrogens with one attached hydrogen (secondary N) is 1. The van der Waals surface area contributed by atoms with Crippen LogP contribution >= 0.6 is 0 Å². The van der Waals surface area contributed by atoms with Gasteiger partial charge in [-0.2, -0.15) is 0 Å². The summed E-state index contributed by atoms with van der Waals surface area (Å²) in [5.74, 6) is 0. The molecule has 2 aliphatic heterocycles. The number of epoxide rings is 1. The van der Waals surface area contributed by atoms with E-state index in [2.05, 4.69) is 5.32 Å². The van der Waals surface area contributed by atoms with Crippen LogP contribution in [0.3, 0.4) is 0 Å². The number of ether oxygens (including phenoxy) is 1. The molecule has 0 radical (unpaired) electrons. The van der Waals surface area contributed by atoms with E-state index in [-0.39, 0.29) is 12.3 Å². The van der Waals surface area contributed by atoms with Gasteiger partial charge in [-0.3, -0.25) is 10.5 Å². The Balaban J connectivity index is 1.99. The van der Waals surface area contributed by atoms with Crippen molar-refractivity contribution in [3.8, 4) is 0 Å². The van der Waals surface area contributed by atoms with E-state index in [1.165, 1.54) is 0 Å². The van der Waals surface area contributed by atoms with Crippen molar-refractivity contribution in [2.24, 2.45) is 0 Å².